The summed E-state index contributed by atoms with van der Waals surface area (Å²) in [4.78, 5) is 12.3. The molecule has 0 saturated heterocycles. The summed E-state index contributed by atoms with van der Waals surface area (Å²) in [5, 5.41) is 12.6. The van der Waals surface area contributed by atoms with Crippen LogP contribution in [-0.4, -0.2) is 18.1 Å². The van der Waals surface area contributed by atoms with E-state index in [-0.39, 0.29) is 24.1 Å². The Morgan fingerprint density at radius 2 is 1.93 bits per heavy atom. The van der Waals surface area contributed by atoms with Crippen LogP contribution in [0.25, 0.3) is 6.08 Å². The molecular formula is C23H20FNO4. The summed E-state index contributed by atoms with van der Waals surface area (Å²) in [5.41, 5.74) is 2.00. The highest BCUT2D eigenvalue weighted by atomic mass is 19.1. The van der Waals surface area contributed by atoms with E-state index in [0.29, 0.717) is 22.7 Å². The summed E-state index contributed by atoms with van der Waals surface area (Å²) < 4.78 is 23.9. The molecule has 3 aromatic rings. The maximum atomic E-state index is 13.3. The van der Waals surface area contributed by atoms with Crippen molar-refractivity contribution in [2.24, 2.45) is 0 Å². The van der Waals surface area contributed by atoms with Crippen LogP contribution in [-0.2, 0) is 11.4 Å². The summed E-state index contributed by atoms with van der Waals surface area (Å²) in [6.45, 7) is 0.177. The molecule has 148 valence electrons. The van der Waals surface area contributed by atoms with Crippen LogP contribution in [0.2, 0.25) is 0 Å². The second-order valence-electron chi connectivity index (χ2n) is 6.16. The van der Waals surface area contributed by atoms with Gasteiger partial charge in [-0.15, -0.1) is 0 Å². The molecule has 0 aliphatic heterocycles. The van der Waals surface area contributed by atoms with Crippen LogP contribution in [0.15, 0.2) is 72.8 Å². The quantitative estimate of drug-likeness (QED) is 0.568. The minimum Gasteiger partial charge on any atom is -0.504 e. The number of carbonyl (C=O) groups excluding carboxylic acids is 1. The van der Waals surface area contributed by atoms with Crippen molar-refractivity contribution in [3.63, 3.8) is 0 Å². The van der Waals surface area contributed by atoms with Crippen LogP contribution >= 0.6 is 0 Å². The zero-order chi connectivity index (χ0) is 20.6. The number of methoxy groups -OCH3 is 1. The van der Waals surface area contributed by atoms with Gasteiger partial charge in [-0.05, 0) is 42.0 Å². The van der Waals surface area contributed by atoms with E-state index in [1.165, 1.54) is 31.4 Å². The number of rotatable bonds is 7. The number of hydrogen-bond donors (Lipinski definition) is 2. The number of phenols is 1. The molecule has 0 fully saturated rings. The molecule has 3 rings (SSSR count). The molecule has 6 heteroatoms. The molecule has 0 unspecified atom stereocenters. The van der Waals surface area contributed by atoms with Gasteiger partial charge in [0.1, 0.15) is 18.2 Å². The molecule has 0 atom stereocenters. The molecule has 0 aromatic heterocycles. The first-order chi connectivity index (χ1) is 14.0. The molecule has 0 radical (unpaired) electrons. The largest absolute Gasteiger partial charge is 0.504 e. The predicted octanol–water partition coefficient (Wildman–Crippen LogP) is 4.77. The van der Waals surface area contributed by atoms with Crippen LogP contribution in [0, 0.1) is 5.82 Å². The normalized spacial score (nSPS) is 10.7. The Kier molecular flexibility index (Phi) is 6.47. The molecule has 0 spiro atoms. The molecule has 0 aliphatic rings. The van der Waals surface area contributed by atoms with Crippen LogP contribution < -0.4 is 14.8 Å². The zero-order valence-corrected chi connectivity index (χ0v) is 15.8. The van der Waals surface area contributed by atoms with Gasteiger partial charge in [0.25, 0.3) is 0 Å². The van der Waals surface area contributed by atoms with E-state index >= 15 is 0 Å². The third-order valence-corrected chi connectivity index (χ3v) is 4.10. The van der Waals surface area contributed by atoms with Crippen molar-refractivity contribution in [1.82, 2.24) is 0 Å². The summed E-state index contributed by atoms with van der Waals surface area (Å²) >= 11 is 0. The lowest BCUT2D eigenvalue weighted by Gasteiger charge is -2.11. The number of nitrogens with one attached hydrogen (secondary N) is 1. The number of phenolic OH excluding ortho intramolecular Hbond substituents is 1. The summed E-state index contributed by atoms with van der Waals surface area (Å²) in [5.74, 6) is 0.0522. The van der Waals surface area contributed by atoms with Gasteiger partial charge in [-0.2, -0.15) is 0 Å². The average molecular weight is 393 g/mol. The Labute approximate surface area is 168 Å². The third-order valence-electron chi connectivity index (χ3n) is 4.10. The van der Waals surface area contributed by atoms with E-state index in [1.54, 1.807) is 42.5 Å². The molecule has 3 aromatic carbocycles. The van der Waals surface area contributed by atoms with Gasteiger partial charge in [0.15, 0.2) is 11.5 Å². The molecule has 0 bridgehead atoms. The van der Waals surface area contributed by atoms with Crippen LogP contribution in [0.1, 0.15) is 11.1 Å². The Balaban J connectivity index is 1.65. The highest BCUT2D eigenvalue weighted by Gasteiger charge is 2.06. The molecule has 5 nitrogen and oxygen atoms in total. The van der Waals surface area contributed by atoms with Crippen LogP contribution in [0.4, 0.5) is 10.1 Å². The Bertz CT molecular complexity index is 1030. The smallest absolute Gasteiger partial charge is 0.248 e. The Morgan fingerprint density at radius 1 is 1.10 bits per heavy atom. The molecule has 0 aliphatic carbocycles. The average Bonchev–Trinajstić information content (AvgIpc) is 2.72. The highest BCUT2D eigenvalue weighted by molar-refractivity contribution is 6.02. The van der Waals surface area contributed by atoms with E-state index in [1.807, 2.05) is 12.1 Å². The molecule has 29 heavy (non-hydrogen) atoms. The number of para-hydroxylation sites is 1. The zero-order valence-electron chi connectivity index (χ0n) is 15.8. The van der Waals surface area contributed by atoms with Crippen molar-refractivity contribution in [2.45, 2.75) is 6.61 Å². The fourth-order valence-electron chi connectivity index (χ4n) is 2.64. The first-order valence-corrected chi connectivity index (χ1v) is 8.87. The second-order valence-corrected chi connectivity index (χ2v) is 6.16. The summed E-state index contributed by atoms with van der Waals surface area (Å²) in [6, 6.07) is 17.9. The van der Waals surface area contributed by atoms with Crippen molar-refractivity contribution < 1.29 is 23.8 Å². The van der Waals surface area contributed by atoms with E-state index in [2.05, 4.69) is 5.32 Å². The number of carbonyl (C=O) groups is 1. The molecule has 2 N–H and O–H groups in total. The number of ether oxygens (including phenoxy) is 2. The standard InChI is InChI=1S/C23H20FNO4/c1-28-22-11-9-16(13-21(22)26)10-12-23(27)25-20-8-3-2-5-17(20)15-29-19-7-4-6-18(24)14-19/h2-14,26H,15H2,1H3,(H,25,27)/b12-10+. The monoisotopic (exact) mass is 393 g/mol. The van der Waals surface area contributed by atoms with Crippen LogP contribution in [0.5, 0.6) is 17.2 Å². The number of hydrogen-bond acceptors (Lipinski definition) is 4. The number of anilines is 1. The molecule has 0 heterocycles. The van der Waals surface area contributed by atoms with Crippen molar-refractivity contribution >= 4 is 17.7 Å². The van der Waals surface area contributed by atoms with E-state index in [9.17, 15) is 14.3 Å². The number of benzene rings is 3. The maximum Gasteiger partial charge on any atom is 0.248 e. The van der Waals surface area contributed by atoms with Gasteiger partial charge in [-0.25, -0.2) is 4.39 Å². The Hall–Kier alpha value is -3.80. The van der Waals surface area contributed by atoms with Crippen molar-refractivity contribution in [1.29, 1.82) is 0 Å². The van der Waals surface area contributed by atoms with Crippen molar-refractivity contribution in [3.05, 3.63) is 89.8 Å². The third kappa shape index (κ3) is 5.59. The van der Waals surface area contributed by atoms with Gasteiger partial charge >= 0.3 is 0 Å². The molecular weight excluding hydrogens is 373 g/mol. The van der Waals surface area contributed by atoms with E-state index in [0.717, 1.165) is 5.56 Å². The summed E-state index contributed by atoms with van der Waals surface area (Å²) in [6.07, 6.45) is 2.95. The fraction of sp³-hybridized carbons (Fsp3) is 0.0870. The van der Waals surface area contributed by atoms with Gasteiger partial charge in [-0.1, -0.05) is 30.3 Å². The lowest BCUT2D eigenvalue weighted by molar-refractivity contribution is -0.111. The Morgan fingerprint density at radius 3 is 2.69 bits per heavy atom. The van der Waals surface area contributed by atoms with Gasteiger partial charge in [0, 0.05) is 23.4 Å². The highest BCUT2D eigenvalue weighted by Crippen LogP contribution is 2.26. The minimum absolute atomic E-state index is 0.00472. The van der Waals surface area contributed by atoms with Gasteiger partial charge in [-0.3, -0.25) is 4.79 Å². The minimum atomic E-state index is -0.376. The van der Waals surface area contributed by atoms with Gasteiger partial charge in [0.05, 0.1) is 7.11 Å². The topological polar surface area (TPSA) is 67.8 Å². The first-order valence-electron chi connectivity index (χ1n) is 8.87. The summed E-state index contributed by atoms with van der Waals surface area (Å²) in [7, 11) is 1.47. The lowest BCUT2D eigenvalue weighted by Crippen LogP contribution is -2.10. The lowest BCUT2D eigenvalue weighted by atomic mass is 10.1. The number of amides is 1. The van der Waals surface area contributed by atoms with E-state index < -0.39 is 0 Å². The number of halogens is 1. The van der Waals surface area contributed by atoms with Crippen LogP contribution in [0.3, 0.4) is 0 Å². The predicted molar refractivity (Wildman–Crippen MR) is 109 cm³/mol. The van der Waals surface area contributed by atoms with E-state index in [4.69, 9.17) is 9.47 Å². The number of aromatic hydroxyl groups is 1. The van der Waals surface area contributed by atoms with Crippen molar-refractivity contribution in [3.8, 4) is 17.2 Å². The maximum absolute atomic E-state index is 13.3. The fourth-order valence-corrected chi connectivity index (χ4v) is 2.64. The first kappa shape index (κ1) is 19.9. The molecule has 0 saturated carbocycles. The SMILES string of the molecule is COc1ccc(/C=C/C(=O)Nc2ccccc2COc2cccc(F)c2)cc1O. The van der Waals surface area contributed by atoms with Crippen molar-refractivity contribution in [2.75, 3.05) is 12.4 Å². The second kappa shape index (κ2) is 9.41. The van der Waals surface area contributed by atoms with Gasteiger partial charge < -0.3 is 19.9 Å². The van der Waals surface area contributed by atoms with Gasteiger partial charge in [0.2, 0.25) is 5.91 Å². The molecule has 1 amide bonds.